The Morgan fingerprint density at radius 1 is 1.00 bits per heavy atom. The standard InChI is InChI=1S/C17H21NO2/c1-4-18-13(2)14-9-11-15(12-10-14)20-17-8-6-5-7-16(17)19-3/h5-13,18H,4H2,1-3H3. The van der Waals surface area contributed by atoms with Crippen molar-refractivity contribution in [3.05, 3.63) is 54.1 Å². The van der Waals surface area contributed by atoms with Crippen LogP contribution in [0.25, 0.3) is 0 Å². The first kappa shape index (κ1) is 14.4. The van der Waals surface area contributed by atoms with Gasteiger partial charge in [-0.25, -0.2) is 0 Å². The Kier molecular flexibility index (Phi) is 5.02. The van der Waals surface area contributed by atoms with Crippen LogP contribution in [0.1, 0.15) is 25.5 Å². The fourth-order valence-corrected chi connectivity index (χ4v) is 2.08. The topological polar surface area (TPSA) is 30.5 Å². The van der Waals surface area contributed by atoms with E-state index in [4.69, 9.17) is 9.47 Å². The molecule has 2 aromatic rings. The molecule has 3 heteroatoms. The van der Waals surface area contributed by atoms with Crippen molar-refractivity contribution in [3.63, 3.8) is 0 Å². The highest BCUT2D eigenvalue weighted by atomic mass is 16.5. The lowest BCUT2D eigenvalue weighted by molar-refractivity contribution is 0.379. The lowest BCUT2D eigenvalue weighted by atomic mass is 10.1. The second-order valence-electron chi connectivity index (χ2n) is 4.60. The van der Waals surface area contributed by atoms with Crippen LogP contribution in [0, 0.1) is 0 Å². The van der Waals surface area contributed by atoms with E-state index in [2.05, 4.69) is 31.3 Å². The molecule has 2 aromatic carbocycles. The molecular formula is C17H21NO2. The normalized spacial score (nSPS) is 11.9. The first-order valence-corrected chi connectivity index (χ1v) is 6.88. The Labute approximate surface area is 120 Å². The molecule has 20 heavy (non-hydrogen) atoms. The molecule has 0 aliphatic rings. The predicted octanol–water partition coefficient (Wildman–Crippen LogP) is 4.16. The molecule has 0 spiro atoms. The van der Waals surface area contributed by atoms with E-state index in [1.54, 1.807) is 7.11 Å². The first-order valence-electron chi connectivity index (χ1n) is 6.88. The monoisotopic (exact) mass is 271 g/mol. The van der Waals surface area contributed by atoms with E-state index in [0.717, 1.165) is 23.8 Å². The van der Waals surface area contributed by atoms with Crippen LogP contribution in [-0.2, 0) is 0 Å². The summed E-state index contributed by atoms with van der Waals surface area (Å²) in [6.07, 6.45) is 0. The van der Waals surface area contributed by atoms with Gasteiger partial charge in [0.05, 0.1) is 7.11 Å². The van der Waals surface area contributed by atoms with Crippen molar-refractivity contribution in [2.24, 2.45) is 0 Å². The van der Waals surface area contributed by atoms with Gasteiger partial charge in [-0.2, -0.15) is 0 Å². The number of para-hydroxylation sites is 2. The Bertz CT molecular complexity index is 537. The minimum absolute atomic E-state index is 0.348. The summed E-state index contributed by atoms with van der Waals surface area (Å²) >= 11 is 0. The van der Waals surface area contributed by atoms with Gasteiger partial charge >= 0.3 is 0 Å². The largest absolute Gasteiger partial charge is 0.493 e. The second kappa shape index (κ2) is 6.96. The summed E-state index contributed by atoms with van der Waals surface area (Å²) in [5, 5.41) is 3.39. The maximum atomic E-state index is 5.85. The van der Waals surface area contributed by atoms with Crippen molar-refractivity contribution in [3.8, 4) is 17.2 Å². The molecule has 0 bridgehead atoms. The summed E-state index contributed by atoms with van der Waals surface area (Å²) in [5.74, 6) is 2.27. The Morgan fingerprint density at radius 2 is 1.65 bits per heavy atom. The van der Waals surface area contributed by atoms with Gasteiger partial charge in [0.25, 0.3) is 0 Å². The third-order valence-electron chi connectivity index (χ3n) is 3.19. The molecule has 1 unspecified atom stereocenters. The highest BCUT2D eigenvalue weighted by Gasteiger charge is 2.06. The van der Waals surface area contributed by atoms with Gasteiger partial charge in [-0.05, 0) is 43.3 Å². The molecule has 1 atom stereocenters. The fourth-order valence-electron chi connectivity index (χ4n) is 2.08. The molecule has 0 aliphatic carbocycles. The quantitative estimate of drug-likeness (QED) is 0.855. The summed E-state index contributed by atoms with van der Waals surface area (Å²) in [6, 6.07) is 16.1. The Morgan fingerprint density at radius 3 is 2.25 bits per heavy atom. The van der Waals surface area contributed by atoms with Gasteiger partial charge in [-0.1, -0.05) is 31.2 Å². The Hall–Kier alpha value is -2.00. The summed E-state index contributed by atoms with van der Waals surface area (Å²) in [4.78, 5) is 0. The van der Waals surface area contributed by atoms with Crippen molar-refractivity contribution in [2.75, 3.05) is 13.7 Å². The minimum atomic E-state index is 0.348. The van der Waals surface area contributed by atoms with E-state index in [1.165, 1.54) is 5.56 Å². The van der Waals surface area contributed by atoms with Crippen molar-refractivity contribution >= 4 is 0 Å². The van der Waals surface area contributed by atoms with Gasteiger partial charge in [0.1, 0.15) is 5.75 Å². The third-order valence-corrected chi connectivity index (χ3v) is 3.19. The van der Waals surface area contributed by atoms with E-state index in [0.29, 0.717) is 6.04 Å². The fraction of sp³-hybridized carbons (Fsp3) is 0.294. The van der Waals surface area contributed by atoms with Crippen molar-refractivity contribution in [2.45, 2.75) is 19.9 Å². The molecule has 0 heterocycles. The molecule has 0 aliphatic heterocycles. The molecule has 2 rings (SSSR count). The maximum Gasteiger partial charge on any atom is 0.169 e. The molecule has 0 amide bonds. The van der Waals surface area contributed by atoms with Crippen LogP contribution in [0.2, 0.25) is 0 Å². The van der Waals surface area contributed by atoms with Crippen LogP contribution in [0.3, 0.4) is 0 Å². The van der Waals surface area contributed by atoms with Crippen LogP contribution in [-0.4, -0.2) is 13.7 Å². The van der Waals surface area contributed by atoms with E-state index < -0.39 is 0 Å². The van der Waals surface area contributed by atoms with E-state index in [1.807, 2.05) is 36.4 Å². The van der Waals surface area contributed by atoms with Crippen LogP contribution in [0.5, 0.6) is 17.2 Å². The van der Waals surface area contributed by atoms with Gasteiger partial charge in [0.2, 0.25) is 0 Å². The van der Waals surface area contributed by atoms with Gasteiger partial charge < -0.3 is 14.8 Å². The second-order valence-corrected chi connectivity index (χ2v) is 4.60. The number of nitrogens with one attached hydrogen (secondary N) is 1. The number of methoxy groups -OCH3 is 1. The predicted molar refractivity (Wildman–Crippen MR) is 81.6 cm³/mol. The number of ether oxygens (including phenoxy) is 2. The average molecular weight is 271 g/mol. The molecule has 0 saturated heterocycles. The highest BCUT2D eigenvalue weighted by molar-refractivity contribution is 5.43. The molecule has 3 nitrogen and oxygen atoms in total. The summed E-state index contributed by atoms with van der Waals surface area (Å²) < 4.78 is 11.1. The molecule has 1 N–H and O–H groups in total. The zero-order chi connectivity index (χ0) is 14.4. The van der Waals surface area contributed by atoms with Crippen LogP contribution < -0.4 is 14.8 Å². The third kappa shape index (κ3) is 3.52. The van der Waals surface area contributed by atoms with Crippen molar-refractivity contribution in [1.29, 1.82) is 0 Å². The lowest BCUT2D eigenvalue weighted by Crippen LogP contribution is -2.17. The SMILES string of the molecule is CCNC(C)c1ccc(Oc2ccccc2OC)cc1. The van der Waals surface area contributed by atoms with E-state index in [-0.39, 0.29) is 0 Å². The van der Waals surface area contributed by atoms with Gasteiger partial charge in [-0.15, -0.1) is 0 Å². The lowest BCUT2D eigenvalue weighted by Gasteiger charge is -2.14. The van der Waals surface area contributed by atoms with Crippen molar-refractivity contribution < 1.29 is 9.47 Å². The maximum absolute atomic E-state index is 5.85. The number of hydrogen-bond acceptors (Lipinski definition) is 3. The Balaban J connectivity index is 2.11. The molecule has 0 fully saturated rings. The highest BCUT2D eigenvalue weighted by Crippen LogP contribution is 2.31. The smallest absolute Gasteiger partial charge is 0.169 e. The number of hydrogen-bond donors (Lipinski definition) is 1. The first-order chi connectivity index (χ1) is 9.74. The van der Waals surface area contributed by atoms with Gasteiger partial charge in [0, 0.05) is 6.04 Å². The number of rotatable bonds is 6. The van der Waals surface area contributed by atoms with Crippen LogP contribution in [0.15, 0.2) is 48.5 Å². The van der Waals surface area contributed by atoms with Crippen molar-refractivity contribution in [1.82, 2.24) is 5.32 Å². The van der Waals surface area contributed by atoms with Gasteiger partial charge in [-0.3, -0.25) is 0 Å². The summed E-state index contributed by atoms with van der Waals surface area (Å²) in [5.41, 5.74) is 1.25. The zero-order valence-corrected chi connectivity index (χ0v) is 12.2. The summed E-state index contributed by atoms with van der Waals surface area (Å²) in [6.45, 7) is 5.22. The summed E-state index contributed by atoms with van der Waals surface area (Å²) in [7, 11) is 1.64. The van der Waals surface area contributed by atoms with Crippen LogP contribution in [0.4, 0.5) is 0 Å². The molecule has 0 aromatic heterocycles. The van der Waals surface area contributed by atoms with Crippen LogP contribution >= 0.6 is 0 Å². The number of benzene rings is 2. The van der Waals surface area contributed by atoms with E-state index in [9.17, 15) is 0 Å². The molecule has 0 saturated carbocycles. The minimum Gasteiger partial charge on any atom is -0.493 e. The van der Waals surface area contributed by atoms with Gasteiger partial charge in [0.15, 0.2) is 11.5 Å². The molecular weight excluding hydrogens is 250 g/mol. The van der Waals surface area contributed by atoms with E-state index >= 15 is 0 Å². The molecule has 0 radical (unpaired) electrons. The average Bonchev–Trinajstić information content (AvgIpc) is 2.49. The zero-order valence-electron chi connectivity index (χ0n) is 12.2. The molecule has 106 valence electrons.